The maximum Gasteiger partial charge on any atom is 0.260 e. The lowest BCUT2D eigenvalue weighted by atomic mass is 10.1. The first-order chi connectivity index (χ1) is 11.2. The van der Waals surface area contributed by atoms with Gasteiger partial charge in [-0.15, -0.1) is 0 Å². The lowest BCUT2D eigenvalue weighted by Gasteiger charge is -2.15. The number of rotatable bonds is 8. The summed E-state index contributed by atoms with van der Waals surface area (Å²) in [5.41, 5.74) is 1.28. The molecule has 2 aromatic carbocycles. The van der Waals surface area contributed by atoms with Crippen molar-refractivity contribution in [2.75, 3.05) is 13.7 Å². The first kappa shape index (κ1) is 16.9. The normalized spacial score (nSPS) is 11.6. The molecule has 122 valence electrons. The Hall–Kier alpha value is -2.49. The van der Waals surface area contributed by atoms with Gasteiger partial charge in [0.2, 0.25) is 0 Å². The molecule has 0 aromatic heterocycles. The first-order valence-electron chi connectivity index (χ1n) is 7.81. The van der Waals surface area contributed by atoms with Crippen LogP contribution in [0.4, 0.5) is 0 Å². The molecule has 23 heavy (non-hydrogen) atoms. The van der Waals surface area contributed by atoms with E-state index in [9.17, 15) is 4.79 Å². The molecule has 0 aliphatic rings. The zero-order valence-electron chi connectivity index (χ0n) is 13.6. The van der Waals surface area contributed by atoms with E-state index in [-0.39, 0.29) is 5.91 Å². The summed E-state index contributed by atoms with van der Waals surface area (Å²) in [5, 5.41) is 2.91. The molecule has 0 heterocycles. The van der Waals surface area contributed by atoms with Gasteiger partial charge in [0.15, 0.2) is 6.10 Å². The Morgan fingerprint density at radius 2 is 1.70 bits per heavy atom. The average Bonchev–Trinajstić information content (AvgIpc) is 2.60. The molecular formula is C19H23NO3. The van der Waals surface area contributed by atoms with Gasteiger partial charge in [-0.1, -0.05) is 30.3 Å². The molecule has 2 aromatic rings. The van der Waals surface area contributed by atoms with Crippen molar-refractivity contribution >= 4 is 5.91 Å². The average molecular weight is 313 g/mol. The highest BCUT2D eigenvalue weighted by Crippen LogP contribution is 2.18. The van der Waals surface area contributed by atoms with Crippen LogP contribution in [0.25, 0.3) is 0 Å². The van der Waals surface area contributed by atoms with Gasteiger partial charge in [-0.2, -0.15) is 0 Å². The minimum absolute atomic E-state index is 0.103. The van der Waals surface area contributed by atoms with Gasteiger partial charge in [0, 0.05) is 6.54 Å². The highest BCUT2D eigenvalue weighted by molar-refractivity contribution is 5.80. The van der Waals surface area contributed by atoms with E-state index in [4.69, 9.17) is 9.47 Å². The Kier molecular flexibility index (Phi) is 6.48. The van der Waals surface area contributed by atoms with Crippen molar-refractivity contribution in [3.8, 4) is 11.5 Å². The highest BCUT2D eigenvalue weighted by Gasteiger charge is 2.13. The number of nitrogens with one attached hydrogen (secondary N) is 1. The number of methoxy groups -OCH3 is 1. The standard InChI is InChI=1S/C19H23NO3/c1-15(23-18-12-10-17(22-2)11-13-18)19(21)20-14-6-9-16-7-4-3-5-8-16/h3-5,7-8,10-13,15H,6,9,14H2,1-2H3,(H,20,21)/t15-/m1/s1. The number of ether oxygens (including phenoxy) is 2. The fourth-order valence-corrected chi connectivity index (χ4v) is 2.20. The quantitative estimate of drug-likeness (QED) is 0.761. The van der Waals surface area contributed by atoms with Gasteiger partial charge in [0.1, 0.15) is 11.5 Å². The number of hydrogen-bond donors (Lipinski definition) is 1. The van der Waals surface area contributed by atoms with Crippen molar-refractivity contribution < 1.29 is 14.3 Å². The third-order valence-corrected chi connectivity index (χ3v) is 3.53. The molecule has 1 N–H and O–H groups in total. The molecular weight excluding hydrogens is 290 g/mol. The summed E-state index contributed by atoms with van der Waals surface area (Å²) in [6.07, 6.45) is 1.33. The van der Waals surface area contributed by atoms with Gasteiger partial charge in [-0.3, -0.25) is 4.79 Å². The summed E-state index contributed by atoms with van der Waals surface area (Å²) < 4.78 is 10.7. The van der Waals surface area contributed by atoms with Crippen LogP contribution in [0.5, 0.6) is 11.5 Å². The van der Waals surface area contributed by atoms with Crippen molar-refractivity contribution in [3.05, 3.63) is 60.2 Å². The zero-order valence-corrected chi connectivity index (χ0v) is 13.6. The van der Waals surface area contributed by atoms with E-state index < -0.39 is 6.10 Å². The van der Waals surface area contributed by atoms with E-state index in [1.807, 2.05) is 18.2 Å². The van der Waals surface area contributed by atoms with Gasteiger partial charge < -0.3 is 14.8 Å². The Bertz CT molecular complexity index is 596. The molecule has 0 aliphatic heterocycles. The molecule has 4 nitrogen and oxygen atoms in total. The predicted octanol–water partition coefficient (Wildman–Crippen LogP) is 3.21. The molecule has 2 rings (SSSR count). The van der Waals surface area contributed by atoms with E-state index >= 15 is 0 Å². The van der Waals surface area contributed by atoms with Crippen LogP contribution in [0.2, 0.25) is 0 Å². The summed E-state index contributed by atoms with van der Waals surface area (Å²) in [5.74, 6) is 1.31. The lowest BCUT2D eigenvalue weighted by molar-refractivity contribution is -0.127. The summed E-state index contributed by atoms with van der Waals surface area (Å²) >= 11 is 0. The lowest BCUT2D eigenvalue weighted by Crippen LogP contribution is -2.36. The second-order valence-electron chi connectivity index (χ2n) is 5.32. The summed E-state index contributed by atoms with van der Waals surface area (Å²) in [4.78, 5) is 12.0. The second kappa shape index (κ2) is 8.83. The van der Waals surface area contributed by atoms with Gasteiger partial charge in [0.25, 0.3) is 5.91 Å². The van der Waals surface area contributed by atoms with Crippen LogP contribution >= 0.6 is 0 Å². The van der Waals surface area contributed by atoms with Crippen molar-refractivity contribution in [2.24, 2.45) is 0 Å². The SMILES string of the molecule is COc1ccc(O[C@H](C)C(=O)NCCCc2ccccc2)cc1. The van der Waals surface area contributed by atoms with Crippen LogP contribution < -0.4 is 14.8 Å². The van der Waals surface area contributed by atoms with E-state index in [0.29, 0.717) is 12.3 Å². The molecule has 0 aliphatic carbocycles. The number of hydrogen-bond acceptors (Lipinski definition) is 3. The zero-order chi connectivity index (χ0) is 16.5. The monoisotopic (exact) mass is 313 g/mol. The van der Waals surface area contributed by atoms with Crippen LogP contribution in [-0.2, 0) is 11.2 Å². The third-order valence-electron chi connectivity index (χ3n) is 3.53. The third kappa shape index (κ3) is 5.66. The van der Waals surface area contributed by atoms with Gasteiger partial charge in [-0.05, 0) is 49.6 Å². The smallest absolute Gasteiger partial charge is 0.260 e. The molecule has 0 saturated heterocycles. The molecule has 1 amide bonds. The van der Waals surface area contributed by atoms with Crippen LogP contribution in [0, 0.1) is 0 Å². The Morgan fingerprint density at radius 3 is 2.35 bits per heavy atom. The highest BCUT2D eigenvalue weighted by atomic mass is 16.5. The van der Waals surface area contributed by atoms with Crippen LogP contribution in [0.1, 0.15) is 18.9 Å². The Labute approximate surface area is 137 Å². The largest absolute Gasteiger partial charge is 0.497 e. The van der Waals surface area contributed by atoms with E-state index in [1.165, 1.54) is 5.56 Å². The predicted molar refractivity (Wildman–Crippen MR) is 90.9 cm³/mol. The summed E-state index contributed by atoms with van der Waals surface area (Å²) in [7, 11) is 1.61. The van der Waals surface area contributed by atoms with E-state index in [0.717, 1.165) is 18.6 Å². The first-order valence-corrected chi connectivity index (χ1v) is 7.81. The van der Waals surface area contributed by atoms with Crippen LogP contribution in [0.15, 0.2) is 54.6 Å². The maximum atomic E-state index is 12.0. The van der Waals surface area contributed by atoms with Crippen molar-refractivity contribution in [2.45, 2.75) is 25.9 Å². The minimum Gasteiger partial charge on any atom is -0.497 e. The van der Waals surface area contributed by atoms with Gasteiger partial charge in [0.05, 0.1) is 7.11 Å². The number of aryl methyl sites for hydroxylation is 1. The molecule has 0 saturated carbocycles. The van der Waals surface area contributed by atoms with Crippen molar-refractivity contribution in [1.29, 1.82) is 0 Å². The summed E-state index contributed by atoms with van der Waals surface area (Å²) in [6, 6.07) is 17.4. The van der Waals surface area contributed by atoms with Crippen molar-refractivity contribution in [1.82, 2.24) is 5.32 Å². The summed E-state index contributed by atoms with van der Waals surface area (Å²) in [6.45, 7) is 2.39. The minimum atomic E-state index is -0.528. The molecule has 0 spiro atoms. The van der Waals surface area contributed by atoms with E-state index in [2.05, 4.69) is 17.4 Å². The number of carbonyl (C=O) groups is 1. The topological polar surface area (TPSA) is 47.6 Å². The molecule has 0 radical (unpaired) electrons. The molecule has 0 unspecified atom stereocenters. The van der Waals surface area contributed by atoms with Crippen molar-refractivity contribution in [3.63, 3.8) is 0 Å². The van der Waals surface area contributed by atoms with Crippen LogP contribution in [0.3, 0.4) is 0 Å². The molecule has 4 heteroatoms. The number of carbonyl (C=O) groups excluding carboxylic acids is 1. The van der Waals surface area contributed by atoms with Gasteiger partial charge >= 0.3 is 0 Å². The van der Waals surface area contributed by atoms with E-state index in [1.54, 1.807) is 38.3 Å². The van der Waals surface area contributed by atoms with Crippen LogP contribution in [-0.4, -0.2) is 25.7 Å². The molecule has 0 bridgehead atoms. The second-order valence-corrected chi connectivity index (χ2v) is 5.32. The Balaban J connectivity index is 1.69. The van der Waals surface area contributed by atoms with Gasteiger partial charge in [-0.25, -0.2) is 0 Å². The maximum absolute atomic E-state index is 12.0. The number of benzene rings is 2. The molecule has 1 atom stereocenters. The number of amides is 1. The fraction of sp³-hybridized carbons (Fsp3) is 0.316. The fourth-order valence-electron chi connectivity index (χ4n) is 2.20. The molecule has 0 fully saturated rings. The Morgan fingerprint density at radius 1 is 1.04 bits per heavy atom.